The minimum Gasteiger partial charge on any atom is -0.397 e. The summed E-state index contributed by atoms with van der Waals surface area (Å²) in [5, 5.41) is 3.02. The molecule has 19 heavy (non-hydrogen) atoms. The molecule has 2 saturated carbocycles. The molecule has 102 valence electrons. The molecule has 3 unspecified atom stereocenters. The second-order valence-corrected chi connectivity index (χ2v) is 6.84. The molecule has 0 aromatic heterocycles. The molecule has 2 aliphatic rings. The van der Waals surface area contributed by atoms with E-state index in [4.69, 9.17) is 5.73 Å². The molecule has 2 fully saturated rings. The van der Waals surface area contributed by atoms with Crippen LogP contribution in [-0.4, -0.2) is 5.91 Å². The lowest BCUT2D eigenvalue weighted by molar-refractivity contribution is -0.121. The highest BCUT2D eigenvalue weighted by Gasteiger charge is 2.43. The van der Waals surface area contributed by atoms with Crippen LogP contribution in [0.25, 0.3) is 0 Å². The van der Waals surface area contributed by atoms with Gasteiger partial charge in [0.05, 0.1) is 11.4 Å². The van der Waals surface area contributed by atoms with E-state index in [1.165, 1.54) is 19.3 Å². The first kappa shape index (κ1) is 13.0. The third-order valence-electron chi connectivity index (χ3n) is 4.59. The standard InChI is InChI=1S/C15H19BrN2O/c1-8-4-12(16)14(13(17)5-8)18-15(19)11-7-9-2-3-10(11)6-9/h4-5,9-11H,2-3,6-7,17H2,1H3,(H,18,19). The Labute approximate surface area is 122 Å². The molecule has 3 N–H and O–H groups in total. The van der Waals surface area contributed by atoms with Crippen LogP contribution in [0, 0.1) is 24.7 Å². The molecular formula is C15H19BrN2O. The van der Waals surface area contributed by atoms with E-state index in [-0.39, 0.29) is 11.8 Å². The highest BCUT2D eigenvalue weighted by atomic mass is 79.9. The molecule has 0 aliphatic heterocycles. The number of amides is 1. The molecule has 0 spiro atoms. The second kappa shape index (κ2) is 4.82. The molecule has 1 aromatic carbocycles. The maximum atomic E-state index is 12.4. The van der Waals surface area contributed by atoms with Crippen molar-refractivity contribution in [3.05, 3.63) is 22.2 Å². The number of fused-ring (bicyclic) bond motifs is 2. The van der Waals surface area contributed by atoms with Crippen molar-refractivity contribution in [1.29, 1.82) is 0 Å². The van der Waals surface area contributed by atoms with Gasteiger partial charge in [0, 0.05) is 10.4 Å². The number of nitrogen functional groups attached to an aromatic ring is 1. The Morgan fingerprint density at radius 3 is 2.74 bits per heavy atom. The van der Waals surface area contributed by atoms with E-state index in [0.29, 0.717) is 11.6 Å². The number of halogens is 1. The van der Waals surface area contributed by atoms with Gasteiger partial charge in [-0.1, -0.05) is 6.42 Å². The zero-order chi connectivity index (χ0) is 13.6. The molecule has 3 nitrogen and oxygen atoms in total. The maximum Gasteiger partial charge on any atom is 0.227 e. The summed E-state index contributed by atoms with van der Waals surface area (Å²) in [4.78, 5) is 12.4. The predicted octanol–water partition coefficient (Wildman–Crippen LogP) is 3.71. The van der Waals surface area contributed by atoms with Gasteiger partial charge in [-0.25, -0.2) is 0 Å². The zero-order valence-electron chi connectivity index (χ0n) is 11.1. The first-order valence-electron chi connectivity index (χ1n) is 6.91. The van der Waals surface area contributed by atoms with Crippen LogP contribution in [0.5, 0.6) is 0 Å². The zero-order valence-corrected chi connectivity index (χ0v) is 12.7. The number of nitrogens with one attached hydrogen (secondary N) is 1. The third kappa shape index (κ3) is 2.38. The van der Waals surface area contributed by atoms with Gasteiger partial charge < -0.3 is 11.1 Å². The molecule has 2 bridgehead atoms. The average Bonchev–Trinajstić information content (AvgIpc) is 2.95. The average molecular weight is 323 g/mol. The Hall–Kier alpha value is -1.03. The van der Waals surface area contributed by atoms with Crippen LogP contribution in [0.15, 0.2) is 16.6 Å². The van der Waals surface area contributed by atoms with Crippen LogP contribution >= 0.6 is 15.9 Å². The summed E-state index contributed by atoms with van der Waals surface area (Å²) in [5.74, 6) is 1.70. The fourth-order valence-electron chi connectivity index (χ4n) is 3.68. The van der Waals surface area contributed by atoms with Crippen molar-refractivity contribution in [1.82, 2.24) is 0 Å². The van der Waals surface area contributed by atoms with Crippen molar-refractivity contribution in [2.45, 2.75) is 32.6 Å². The topological polar surface area (TPSA) is 55.1 Å². The Kier molecular flexibility index (Phi) is 3.29. The molecular weight excluding hydrogens is 304 g/mol. The summed E-state index contributed by atoms with van der Waals surface area (Å²) in [6.07, 6.45) is 4.82. The van der Waals surface area contributed by atoms with E-state index >= 15 is 0 Å². The summed E-state index contributed by atoms with van der Waals surface area (Å²) in [6, 6.07) is 3.87. The highest BCUT2D eigenvalue weighted by molar-refractivity contribution is 9.10. The summed E-state index contributed by atoms with van der Waals surface area (Å²) < 4.78 is 0.863. The highest BCUT2D eigenvalue weighted by Crippen LogP contribution is 2.48. The summed E-state index contributed by atoms with van der Waals surface area (Å²) in [7, 11) is 0. The van der Waals surface area contributed by atoms with Gasteiger partial charge in [-0.15, -0.1) is 0 Å². The van der Waals surface area contributed by atoms with Crippen LogP contribution in [0.2, 0.25) is 0 Å². The van der Waals surface area contributed by atoms with E-state index in [1.54, 1.807) is 0 Å². The van der Waals surface area contributed by atoms with Gasteiger partial charge >= 0.3 is 0 Å². The van der Waals surface area contributed by atoms with E-state index in [9.17, 15) is 4.79 Å². The number of hydrogen-bond donors (Lipinski definition) is 2. The van der Waals surface area contributed by atoms with Crippen LogP contribution in [0.4, 0.5) is 11.4 Å². The van der Waals surface area contributed by atoms with Crippen molar-refractivity contribution in [3.63, 3.8) is 0 Å². The lowest BCUT2D eigenvalue weighted by Gasteiger charge is -2.21. The van der Waals surface area contributed by atoms with Crippen molar-refractivity contribution in [2.24, 2.45) is 17.8 Å². The summed E-state index contributed by atoms with van der Waals surface area (Å²) in [5.41, 5.74) is 8.43. The number of nitrogens with two attached hydrogens (primary N) is 1. The fraction of sp³-hybridized carbons (Fsp3) is 0.533. The van der Waals surface area contributed by atoms with Gasteiger partial charge in [-0.2, -0.15) is 0 Å². The molecule has 3 rings (SSSR count). The van der Waals surface area contributed by atoms with E-state index in [2.05, 4.69) is 21.2 Å². The second-order valence-electron chi connectivity index (χ2n) is 5.98. The molecule has 4 heteroatoms. The number of carbonyl (C=O) groups excluding carboxylic acids is 1. The Morgan fingerprint density at radius 2 is 2.16 bits per heavy atom. The van der Waals surface area contributed by atoms with Crippen LogP contribution in [0.1, 0.15) is 31.2 Å². The smallest absolute Gasteiger partial charge is 0.227 e. The molecule has 1 aromatic rings. The molecule has 2 aliphatic carbocycles. The van der Waals surface area contributed by atoms with E-state index in [0.717, 1.165) is 28.1 Å². The minimum absolute atomic E-state index is 0.142. The first-order valence-corrected chi connectivity index (χ1v) is 7.70. The number of carbonyl (C=O) groups is 1. The Bertz CT molecular complexity index is 506. The number of hydrogen-bond acceptors (Lipinski definition) is 2. The number of benzene rings is 1. The Balaban J connectivity index is 1.77. The SMILES string of the molecule is Cc1cc(N)c(NC(=O)C2CC3CCC2C3)c(Br)c1. The van der Waals surface area contributed by atoms with Crippen molar-refractivity contribution in [3.8, 4) is 0 Å². The van der Waals surface area contributed by atoms with Crippen LogP contribution < -0.4 is 11.1 Å². The third-order valence-corrected chi connectivity index (χ3v) is 5.21. The van der Waals surface area contributed by atoms with Gasteiger partial charge in [0.15, 0.2) is 0 Å². The van der Waals surface area contributed by atoms with Crippen molar-refractivity contribution < 1.29 is 4.79 Å². The normalized spacial score (nSPS) is 28.6. The summed E-state index contributed by atoms with van der Waals surface area (Å²) >= 11 is 3.48. The van der Waals surface area contributed by atoms with Gasteiger partial charge in [0.2, 0.25) is 5.91 Å². The van der Waals surface area contributed by atoms with Crippen molar-refractivity contribution in [2.75, 3.05) is 11.1 Å². The van der Waals surface area contributed by atoms with E-state index in [1.807, 2.05) is 19.1 Å². The minimum atomic E-state index is 0.142. The molecule has 1 amide bonds. The molecule has 0 heterocycles. The largest absolute Gasteiger partial charge is 0.397 e. The molecule has 0 radical (unpaired) electrons. The molecule has 0 saturated heterocycles. The van der Waals surface area contributed by atoms with Crippen LogP contribution in [-0.2, 0) is 4.79 Å². The molecule has 3 atom stereocenters. The van der Waals surface area contributed by atoms with Crippen LogP contribution in [0.3, 0.4) is 0 Å². The van der Waals surface area contributed by atoms with Crippen molar-refractivity contribution >= 4 is 33.2 Å². The summed E-state index contributed by atoms with van der Waals surface area (Å²) in [6.45, 7) is 1.99. The maximum absolute atomic E-state index is 12.4. The fourth-order valence-corrected chi connectivity index (χ4v) is 4.37. The van der Waals surface area contributed by atoms with E-state index < -0.39 is 0 Å². The van der Waals surface area contributed by atoms with Gasteiger partial charge in [0.1, 0.15) is 0 Å². The van der Waals surface area contributed by atoms with Gasteiger partial charge in [-0.05, 0) is 71.6 Å². The van der Waals surface area contributed by atoms with Gasteiger partial charge in [0.25, 0.3) is 0 Å². The lowest BCUT2D eigenvalue weighted by atomic mass is 9.88. The quantitative estimate of drug-likeness (QED) is 0.815. The first-order chi connectivity index (χ1) is 9.04. The number of aryl methyl sites for hydroxylation is 1. The Morgan fingerprint density at radius 1 is 1.37 bits per heavy atom. The monoisotopic (exact) mass is 322 g/mol. The predicted molar refractivity (Wildman–Crippen MR) is 80.9 cm³/mol. The number of rotatable bonds is 2. The van der Waals surface area contributed by atoms with Gasteiger partial charge in [-0.3, -0.25) is 4.79 Å². The number of anilines is 2. The lowest BCUT2D eigenvalue weighted by Crippen LogP contribution is -2.27.